The number of halogens is 1. The van der Waals surface area contributed by atoms with Crippen molar-refractivity contribution in [3.05, 3.63) is 59.9 Å². The van der Waals surface area contributed by atoms with Gasteiger partial charge in [0.05, 0.1) is 4.90 Å². The number of anilines is 1. The fourth-order valence-corrected chi connectivity index (χ4v) is 3.48. The molecule has 2 rings (SSSR count). The normalized spacial score (nSPS) is 12.0. The second kappa shape index (κ2) is 8.60. The molecule has 0 radical (unpaired) electrons. The van der Waals surface area contributed by atoms with Gasteiger partial charge in [-0.2, -0.15) is 0 Å². The Labute approximate surface area is 159 Å². The van der Waals surface area contributed by atoms with Crippen LogP contribution in [0.2, 0.25) is 0 Å². The molecular weight excluding hydrogens is 369 g/mol. The monoisotopic (exact) mass is 393 g/mol. The van der Waals surface area contributed by atoms with Crippen LogP contribution < -0.4 is 15.8 Å². The third kappa shape index (κ3) is 5.59. The Kier molecular flexibility index (Phi) is 6.69. The minimum atomic E-state index is -3.70. The van der Waals surface area contributed by atoms with Crippen molar-refractivity contribution in [2.75, 3.05) is 11.9 Å². The van der Waals surface area contributed by atoms with Gasteiger partial charge in [-0.1, -0.05) is 13.8 Å². The highest BCUT2D eigenvalue weighted by atomic mass is 32.2. The average Bonchev–Trinajstić information content (AvgIpc) is 2.67. The van der Waals surface area contributed by atoms with Crippen LogP contribution in [0, 0.1) is 5.82 Å². The number of hydrogen-bond donors (Lipinski definition) is 3. The van der Waals surface area contributed by atoms with Crippen molar-refractivity contribution < 1.29 is 17.6 Å². The lowest BCUT2D eigenvalue weighted by atomic mass is 9.95. The maximum atomic E-state index is 12.9. The van der Waals surface area contributed by atoms with E-state index >= 15 is 0 Å². The smallest absolute Gasteiger partial charge is 0.255 e. The molecule has 146 valence electrons. The second-order valence-electron chi connectivity index (χ2n) is 6.38. The molecule has 8 heteroatoms. The van der Waals surface area contributed by atoms with Crippen molar-refractivity contribution >= 4 is 21.6 Å². The van der Waals surface area contributed by atoms with Gasteiger partial charge in [-0.05, 0) is 61.4 Å². The zero-order chi connectivity index (χ0) is 20.1. The molecule has 0 bridgehead atoms. The summed E-state index contributed by atoms with van der Waals surface area (Å²) in [5.74, 6) is -0.844. The van der Waals surface area contributed by atoms with Crippen molar-refractivity contribution in [3.8, 4) is 0 Å². The van der Waals surface area contributed by atoms with E-state index in [1.807, 2.05) is 13.8 Å². The van der Waals surface area contributed by atoms with Crippen molar-refractivity contribution in [1.29, 1.82) is 0 Å². The molecule has 1 amide bonds. The average molecular weight is 393 g/mol. The van der Waals surface area contributed by atoms with Crippen LogP contribution in [0.15, 0.2) is 53.4 Å². The molecule has 0 saturated carbocycles. The number of carbonyl (C=O) groups is 1. The van der Waals surface area contributed by atoms with Crippen LogP contribution in [0.4, 0.5) is 10.1 Å². The van der Waals surface area contributed by atoms with E-state index in [4.69, 9.17) is 5.73 Å². The summed E-state index contributed by atoms with van der Waals surface area (Å²) in [7, 11) is -3.70. The SMILES string of the molecule is CCC(N)(CC)CNS(=O)(=O)c1ccc(NC(=O)c2ccc(F)cc2)cc1. The molecule has 0 aliphatic carbocycles. The number of sulfonamides is 1. The zero-order valence-electron chi connectivity index (χ0n) is 15.3. The van der Waals surface area contributed by atoms with Crippen LogP contribution in [-0.2, 0) is 10.0 Å². The first-order valence-corrected chi connectivity index (χ1v) is 10.1. The Morgan fingerprint density at radius 3 is 2.11 bits per heavy atom. The van der Waals surface area contributed by atoms with Crippen molar-refractivity contribution in [2.45, 2.75) is 37.1 Å². The highest BCUT2D eigenvalue weighted by Crippen LogP contribution is 2.17. The number of rotatable bonds is 8. The van der Waals surface area contributed by atoms with E-state index in [1.165, 1.54) is 48.5 Å². The third-order valence-electron chi connectivity index (χ3n) is 4.55. The quantitative estimate of drug-likeness (QED) is 0.642. The molecule has 0 aromatic heterocycles. The van der Waals surface area contributed by atoms with Crippen molar-refractivity contribution in [2.24, 2.45) is 5.73 Å². The van der Waals surface area contributed by atoms with E-state index in [9.17, 15) is 17.6 Å². The Balaban J connectivity index is 2.05. The molecule has 4 N–H and O–H groups in total. The maximum Gasteiger partial charge on any atom is 0.255 e. The summed E-state index contributed by atoms with van der Waals surface area (Å²) in [4.78, 5) is 12.2. The number of amides is 1. The fourth-order valence-electron chi connectivity index (χ4n) is 2.34. The van der Waals surface area contributed by atoms with E-state index in [0.29, 0.717) is 24.1 Å². The number of hydrogen-bond acceptors (Lipinski definition) is 4. The van der Waals surface area contributed by atoms with E-state index in [2.05, 4.69) is 10.0 Å². The van der Waals surface area contributed by atoms with Gasteiger partial charge in [-0.25, -0.2) is 17.5 Å². The van der Waals surface area contributed by atoms with Gasteiger partial charge in [0.25, 0.3) is 5.91 Å². The molecule has 2 aromatic carbocycles. The van der Waals surface area contributed by atoms with Crippen LogP contribution in [0.1, 0.15) is 37.0 Å². The van der Waals surface area contributed by atoms with Crippen LogP contribution >= 0.6 is 0 Å². The first-order chi connectivity index (χ1) is 12.7. The number of nitrogens with one attached hydrogen (secondary N) is 2. The predicted molar refractivity (Wildman–Crippen MR) is 103 cm³/mol. The third-order valence-corrected chi connectivity index (χ3v) is 5.97. The molecule has 0 spiro atoms. The summed E-state index contributed by atoms with van der Waals surface area (Å²) in [6.07, 6.45) is 1.31. The van der Waals surface area contributed by atoms with Crippen LogP contribution in [0.25, 0.3) is 0 Å². The lowest BCUT2D eigenvalue weighted by Gasteiger charge is -2.26. The first kappa shape index (κ1) is 21.0. The van der Waals surface area contributed by atoms with Gasteiger partial charge in [0.1, 0.15) is 5.82 Å². The lowest BCUT2D eigenvalue weighted by Crippen LogP contribution is -2.49. The maximum absolute atomic E-state index is 12.9. The van der Waals surface area contributed by atoms with E-state index < -0.39 is 27.3 Å². The van der Waals surface area contributed by atoms with Crippen LogP contribution in [0.5, 0.6) is 0 Å². The molecule has 27 heavy (non-hydrogen) atoms. The Hall–Kier alpha value is -2.29. The first-order valence-electron chi connectivity index (χ1n) is 8.64. The summed E-state index contributed by atoms with van der Waals surface area (Å²) in [6.45, 7) is 3.97. The second-order valence-corrected chi connectivity index (χ2v) is 8.15. The minimum absolute atomic E-state index is 0.0804. The molecule has 0 unspecified atom stereocenters. The molecule has 6 nitrogen and oxygen atoms in total. The van der Waals surface area contributed by atoms with E-state index in [1.54, 1.807) is 0 Å². The Morgan fingerprint density at radius 2 is 1.59 bits per heavy atom. The molecule has 0 aliphatic heterocycles. The summed E-state index contributed by atoms with van der Waals surface area (Å²) in [6, 6.07) is 10.9. The minimum Gasteiger partial charge on any atom is -0.324 e. The van der Waals surface area contributed by atoms with E-state index in [0.717, 1.165) is 0 Å². The number of benzene rings is 2. The van der Waals surface area contributed by atoms with Crippen LogP contribution in [-0.4, -0.2) is 26.4 Å². The molecule has 0 heterocycles. The highest BCUT2D eigenvalue weighted by molar-refractivity contribution is 7.89. The summed E-state index contributed by atoms with van der Waals surface area (Å²) >= 11 is 0. The lowest BCUT2D eigenvalue weighted by molar-refractivity contribution is 0.102. The van der Waals surface area contributed by atoms with Crippen molar-refractivity contribution in [3.63, 3.8) is 0 Å². The van der Waals surface area contributed by atoms with Gasteiger partial charge >= 0.3 is 0 Å². The van der Waals surface area contributed by atoms with Crippen molar-refractivity contribution in [1.82, 2.24) is 4.72 Å². The fraction of sp³-hybridized carbons (Fsp3) is 0.316. The molecule has 0 saturated heterocycles. The number of nitrogens with two attached hydrogens (primary N) is 1. The Morgan fingerprint density at radius 1 is 1.04 bits per heavy atom. The largest absolute Gasteiger partial charge is 0.324 e. The molecule has 2 aromatic rings. The molecule has 0 aliphatic rings. The van der Waals surface area contributed by atoms with E-state index in [-0.39, 0.29) is 11.4 Å². The highest BCUT2D eigenvalue weighted by Gasteiger charge is 2.24. The summed E-state index contributed by atoms with van der Waals surface area (Å²) < 4.78 is 40.3. The Bertz CT molecular complexity index is 877. The standard InChI is InChI=1S/C19H24FN3O3S/c1-3-19(21,4-2)13-22-27(25,26)17-11-9-16(10-12-17)23-18(24)14-5-7-15(20)8-6-14/h5-12,22H,3-4,13,21H2,1-2H3,(H,23,24). The molecule has 0 atom stereocenters. The van der Waals surface area contributed by atoms with Crippen LogP contribution in [0.3, 0.4) is 0 Å². The topological polar surface area (TPSA) is 101 Å². The molecule has 0 fully saturated rings. The summed E-state index contributed by atoms with van der Waals surface area (Å²) in [5, 5.41) is 2.63. The summed E-state index contributed by atoms with van der Waals surface area (Å²) in [5.41, 5.74) is 6.27. The predicted octanol–water partition coefficient (Wildman–Crippen LogP) is 2.87. The van der Waals surface area contributed by atoms with Gasteiger partial charge in [-0.3, -0.25) is 4.79 Å². The number of carbonyl (C=O) groups excluding carboxylic acids is 1. The van der Waals surface area contributed by atoms with Gasteiger partial charge in [0.2, 0.25) is 10.0 Å². The molecular formula is C19H24FN3O3S. The van der Waals surface area contributed by atoms with Gasteiger partial charge in [0, 0.05) is 23.3 Å². The van der Waals surface area contributed by atoms with Gasteiger partial charge in [0.15, 0.2) is 0 Å². The van der Waals surface area contributed by atoms with Gasteiger partial charge < -0.3 is 11.1 Å². The zero-order valence-corrected chi connectivity index (χ0v) is 16.1. The van der Waals surface area contributed by atoms with Gasteiger partial charge in [-0.15, -0.1) is 0 Å².